The van der Waals surface area contributed by atoms with Crippen LogP contribution in [0.4, 0.5) is 0 Å². The van der Waals surface area contributed by atoms with Crippen LogP contribution >= 0.6 is 15.9 Å². The lowest BCUT2D eigenvalue weighted by Gasteiger charge is -2.14. The molecule has 2 aliphatic rings. The van der Waals surface area contributed by atoms with Gasteiger partial charge in [-0.2, -0.15) is 5.10 Å². The maximum Gasteiger partial charge on any atom is 0.273 e. The summed E-state index contributed by atoms with van der Waals surface area (Å²) >= 11 is 3.38. The van der Waals surface area contributed by atoms with E-state index in [0.717, 1.165) is 25.8 Å². The fourth-order valence-electron chi connectivity index (χ4n) is 1.72. The summed E-state index contributed by atoms with van der Waals surface area (Å²) in [6.45, 7) is 1.50. The summed E-state index contributed by atoms with van der Waals surface area (Å²) in [5.74, 6) is 0.562. The molecule has 0 aromatic carbocycles. The minimum atomic E-state index is -0.111. The van der Waals surface area contributed by atoms with Gasteiger partial charge in [0.1, 0.15) is 4.47 Å². The highest BCUT2D eigenvalue weighted by atomic mass is 79.9. The van der Waals surface area contributed by atoms with Crippen LogP contribution in [-0.4, -0.2) is 28.3 Å². The molecule has 1 aliphatic carbocycles. The van der Waals surface area contributed by atoms with Gasteiger partial charge in [0.2, 0.25) is 5.88 Å². The minimum Gasteiger partial charge on any atom is -0.477 e. The number of aryl methyl sites for hydroxylation is 1. The zero-order valence-electron chi connectivity index (χ0n) is 8.70. The van der Waals surface area contributed by atoms with Gasteiger partial charge in [-0.1, -0.05) is 0 Å². The van der Waals surface area contributed by atoms with E-state index >= 15 is 0 Å². The lowest BCUT2D eigenvalue weighted by atomic mass is 10.4. The summed E-state index contributed by atoms with van der Waals surface area (Å²) in [7, 11) is 0. The van der Waals surface area contributed by atoms with E-state index in [4.69, 9.17) is 4.74 Å². The van der Waals surface area contributed by atoms with E-state index in [1.165, 1.54) is 0 Å². The number of hydrogen-bond donors (Lipinski definition) is 1. The Morgan fingerprint density at radius 1 is 1.56 bits per heavy atom. The smallest absolute Gasteiger partial charge is 0.273 e. The Morgan fingerprint density at radius 2 is 2.38 bits per heavy atom. The van der Waals surface area contributed by atoms with E-state index in [2.05, 4.69) is 26.3 Å². The molecule has 0 unspecified atom stereocenters. The van der Waals surface area contributed by atoms with Crippen molar-refractivity contribution >= 4 is 21.8 Å². The Hall–Kier alpha value is -1.04. The van der Waals surface area contributed by atoms with Gasteiger partial charge in [-0.15, -0.1) is 0 Å². The van der Waals surface area contributed by atoms with Crippen molar-refractivity contribution in [1.29, 1.82) is 0 Å². The van der Waals surface area contributed by atoms with Crippen LogP contribution in [0.2, 0.25) is 0 Å². The Bertz CT molecular complexity index is 440. The Labute approximate surface area is 101 Å². The normalized spacial score (nSPS) is 18.8. The van der Waals surface area contributed by atoms with E-state index in [1.807, 2.05) is 0 Å². The lowest BCUT2D eigenvalue weighted by Crippen LogP contribution is -2.26. The lowest BCUT2D eigenvalue weighted by molar-refractivity contribution is 0.0944. The topological polar surface area (TPSA) is 56.2 Å². The largest absolute Gasteiger partial charge is 0.477 e. The van der Waals surface area contributed by atoms with Crippen molar-refractivity contribution < 1.29 is 9.53 Å². The molecule has 16 heavy (non-hydrogen) atoms. The number of nitrogens with one attached hydrogen (secondary N) is 1. The summed E-state index contributed by atoms with van der Waals surface area (Å²) in [5.41, 5.74) is 0.434. The van der Waals surface area contributed by atoms with Crippen LogP contribution in [0.3, 0.4) is 0 Å². The molecule has 1 aromatic heterocycles. The van der Waals surface area contributed by atoms with Crippen LogP contribution in [-0.2, 0) is 6.54 Å². The van der Waals surface area contributed by atoms with Gasteiger partial charge in [0.15, 0.2) is 5.69 Å². The molecule has 0 atom stereocenters. The highest BCUT2D eigenvalue weighted by molar-refractivity contribution is 9.10. The average Bonchev–Trinajstić information content (AvgIpc) is 3.03. The number of carbonyl (C=O) groups excluding carboxylic acids is 1. The number of nitrogens with zero attached hydrogens (tertiary/aromatic N) is 2. The summed E-state index contributed by atoms with van der Waals surface area (Å²) < 4.78 is 7.90. The molecule has 1 saturated carbocycles. The monoisotopic (exact) mass is 285 g/mol. The van der Waals surface area contributed by atoms with Gasteiger partial charge < -0.3 is 10.1 Å². The third kappa shape index (κ3) is 1.71. The first-order valence-corrected chi connectivity index (χ1v) is 6.25. The molecule has 2 heterocycles. The Morgan fingerprint density at radius 3 is 3.06 bits per heavy atom. The predicted octanol–water partition coefficient (Wildman–Crippen LogP) is 1.32. The van der Waals surface area contributed by atoms with Crippen LogP contribution in [0, 0.1) is 0 Å². The van der Waals surface area contributed by atoms with E-state index in [-0.39, 0.29) is 5.91 Å². The highest BCUT2D eigenvalue weighted by Crippen LogP contribution is 2.31. The number of ether oxygens (including phenoxy) is 1. The molecule has 0 saturated heterocycles. The van der Waals surface area contributed by atoms with Crippen LogP contribution in [0.1, 0.15) is 29.8 Å². The molecule has 0 radical (unpaired) electrons. The number of halogens is 1. The maximum absolute atomic E-state index is 11.9. The van der Waals surface area contributed by atoms with E-state index in [1.54, 1.807) is 4.68 Å². The number of amides is 1. The maximum atomic E-state index is 11.9. The van der Waals surface area contributed by atoms with Gasteiger partial charge in [0.25, 0.3) is 5.91 Å². The van der Waals surface area contributed by atoms with Crippen molar-refractivity contribution in [2.24, 2.45) is 0 Å². The van der Waals surface area contributed by atoms with Crippen molar-refractivity contribution in [3.63, 3.8) is 0 Å². The highest BCUT2D eigenvalue weighted by Gasteiger charge is 2.29. The van der Waals surface area contributed by atoms with Crippen molar-refractivity contribution in [2.75, 3.05) is 6.61 Å². The molecule has 1 amide bonds. The van der Waals surface area contributed by atoms with Crippen molar-refractivity contribution in [2.45, 2.75) is 31.8 Å². The molecule has 86 valence electrons. The second-order valence-corrected chi connectivity index (χ2v) is 4.93. The predicted molar refractivity (Wildman–Crippen MR) is 60.5 cm³/mol. The van der Waals surface area contributed by atoms with Crippen LogP contribution in [0.25, 0.3) is 0 Å². The van der Waals surface area contributed by atoms with E-state index in [9.17, 15) is 4.79 Å². The number of rotatable bonds is 2. The molecule has 5 nitrogen and oxygen atoms in total. The minimum absolute atomic E-state index is 0.111. The third-order valence-electron chi connectivity index (χ3n) is 2.73. The van der Waals surface area contributed by atoms with Crippen molar-refractivity contribution in [3.05, 3.63) is 10.2 Å². The quantitative estimate of drug-likeness (QED) is 0.892. The van der Waals surface area contributed by atoms with Crippen molar-refractivity contribution in [3.8, 4) is 5.88 Å². The number of carbonyl (C=O) groups is 1. The van der Waals surface area contributed by atoms with Gasteiger partial charge in [0.05, 0.1) is 6.61 Å². The second-order valence-electron chi connectivity index (χ2n) is 4.14. The summed E-state index contributed by atoms with van der Waals surface area (Å²) in [4.78, 5) is 11.9. The molecule has 1 fully saturated rings. The number of aromatic nitrogens is 2. The van der Waals surface area contributed by atoms with E-state index in [0.29, 0.717) is 28.7 Å². The SMILES string of the molecule is O=C(NC1CC1)c1nn2c(c1Br)OCCC2. The first-order chi connectivity index (χ1) is 7.75. The van der Waals surface area contributed by atoms with Crippen LogP contribution in [0.15, 0.2) is 4.47 Å². The number of fused-ring (bicyclic) bond motifs is 1. The third-order valence-corrected chi connectivity index (χ3v) is 3.45. The Balaban J connectivity index is 1.88. The van der Waals surface area contributed by atoms with Crippen LogP contribution in [0.5, 0.6) is 5.88 Å². The van der Waals surface area contributed by atoms with Gasteiger partial charge in [-0.05, 0) is 28.8 Å². The second kappa shape index (κ2) is 3.76. The Kier molecular flexibility index (Phi) is 2.38. The molecule has 0 spiro atoms. The van der Waals surface area contributed by atoms with Crippen LogP contribution < -0.4 is 10.1 Å². The zero-order valence-corrected chi connectivity index (χ0v) is 10.3. The summed E-state index contributed by atoms with van der Waals surface area (Å²) in [5, 5.41) is 7.18. The van der Waals surface area contributed by atoms with Crippen molar-refractivity contribution in [1.82, 2.24) is 15.1 Å². The molecule has 3 rings (SSSR count). The van der Waals surface area contributed by atoms with Gasteiger partial charge in [-0.3, -0.25) is 4.79 Å². The number of hydrogen-bond acceptors (Lipinski definition) is 3. The first-order valence-electron chi connectivity index (χ1n) is 5.45. The van der Waals surface area contributed by atoms with Gasteiger partial charge in [-0.25, -0.2) is 4.68 Å². The zero-order chi connectivity index (χ0) is 11.1. The molecule has 1 N–H and O–H groups in total. The molecular weight excluding hydrogens is 274 g/mol. The molecule has 6 heteroatoms. The molecule has 0 bridgehead atoms. The van der Waals surface area contributed by atoms with E-state index < -0.39 is 0 Å². The standard InChI is InChI=1S/C10H12BrN3O2/c11-7-8(9(15)12-6-2-3-6)13-14-4-1-5-16-10(7)14/h6H,1-5H2,(H,12,15). The molecule has 1 aliphatic heterocycles. The van der Waals surface area contributed by atoms with Gasteiger partial charge >= 0.3 is 0 Å². The fourth-order valence-corrected chi connectivity index (χ4v) is 2.30. The fraction of sp³-hybridized carbons (Fsp3) is 0.600. The first kappa shape index (κ1) is 10.1. The molecule has 1 aromatic rings. The molecular formula is C10H12BrN3O2. The van der Waals surface area contributed by atoms with Gasteiger partial charge in [0, 0.05) is 19.0 Å². The summed E-state index contributed by atoms with van der Waals surface area (Å²) in [6.07, 6.45) is 3.09. The summed E-state index contributed by atoms with van der Waals surface area (Å²) in [6, 6.07) is 0.346. The average molecular weight is 286 g/mol.